The lowest BCUT2D eigenvalue weighted by molar-refractivity contribution is 0.0748. The number of nitrogens with zero attached hydrogens (tertiary/aromatic N) is 1. The van der Waals surface area contributed by atoms with Gasteiger partial charge in [0.1, 0.15) is 5.58 Å². The molecule has 0 bridgehead atoms. The van der Waals surface area contributed by atoms with Crippen molar-refractivity contribution < 1.29 is 23.4 Å². The molecule has 7 nitrogen and oxygen atoms in total. The third-order valence-corrected chi connectivity index (χ3v) is 5.45. The van der Waals surface area contributed by atoms with Gasteiger partial charge >= 0.3 is 0 Å². The first-order valence-electron chi connectivity index (χ1n) is 9.74. The maximum absolute atomic E-state index is 13.5. The Bertz CT molecular complexity index is 1230. The minimum absolute atomic E-state index is 0.0435. The zero-order valence-electron chi connectivity index (χ0n) is 17.9. The molecule has 0 fully saturated rings. The lowest BCUT2D eigenvalue weighted by Crippen LogP contribution is -2.29. The van der Waals surface area contributed by atoms with Gasteiger partial charge in [0.2, 0.25) is 11.5 Å². The summed E-state index contributed by atoms with van der Waals surface area (Å²) in [5, 5.41) is 0.435. The molecular weight excluding hydrogens is 398 g/mol. The predicted molar refractivity (Wildman–Crippen MR) is 116 cm³/mol. The predicted octanol–water partition coefficient (Wildman–Crippen LogP) is 3.86. The number of hydrogen-bond donors (Lipinski definition) is 0. The largest absolute Gasteiger partial charge is 0.493 e. The van der Waals surface area contributed by atoms with Crippen LogP contribution in [0.5, 0.6) is 17.2 Å². The molecule has 4 rings (SSSR count). The van der Waals surface area contributed by atoms with Gasteiger partial charge in [-0.2, -0.15) is 0 Å². The van der Waals surface area contributed by atoms with E-state index in [1.54, 1.807) is 35.2 Å². The van der Waals surface area contributed by atoms with Crippen LogP contribution in [0, 0.1) is 6.92 Å². The van der Waals surface area contributed by atoms with E-state index in [-0.39, 0.29) is 23.6 Å². The van der Waals surface area contributed by atoms with E-state index in [0.717, 1.165) is 5.56 Å². The topological polar surface area (TPSA) is 78.2 Å². The summed E-state index contributed by atoms with van der Waals surface area (Å²) in [4.78, 5) is 28.3. The Labute approximate surface area is 179 Å². The average molecular weight is 421 g/mol. The van der Waals surface area contributed by atoms with Crippen molar-refractivity contribution >= 4 is 16.9 Å². The first-order chi connectivity index (χ1) is 14.9. The Kier molecular flexibility index (Phi) is 5.19. The number of ether oxygens (including phenoxy) is 3. The second-order valence-electron chi connectivity index (χ2n) is 7.28. The molecule has 0 N–H and O–H groups in total. The highest BCUT2D eigenvalue weighted by molar-refractivity contribution is 5.99. The lowest BCUT2D eigenvalue weighted by Gasteiger charge is -2.25. The highest BCUT2D eigenvalue weighted by Crippen LogP contribution is 2.44. The lowest BCUT2D eigenvalue weighted by atomic mass is 9.97. The van der Waals surface area contributed by atoms with Crippen LogP contribution in [-0.4, -0.2) is 38.7 Å². The monoisotopic (exact) mass is 421 g/mol. The van der Waals surface area contributed by atoms with Gasteiger partial charge in [-0.25, -0.2) is 0 Å². The molecule has 1 atom stereocenters. The van der Waals surface area contributed by atoms with Gasteiger partial charge in [0.25, 0.3) is 5.91 Å². The highest BCUT2D eigenvalue weighted by Gasteiger charge is 2.42. The van der Waals surface area contributed by atoms with Crippen LogP contribution in [0.15, 0.2) is 52.2 Å². The molecule has 0 aliphatic carbocycles. The minimum Gasteiger partial charge on any atom is -0.493 e. The molecule has 1 amide bonds. The van der Waals surface area contributed by atoms with Crippen LogP contribution in [0.2, 0.25) is 0 Å². The third-order valence-electron chi connectivity index (χ3n) is 5.45. The number of carbonyl (C=O) groups excluding carboxylic acids is 1. The smallest absolute Gasteiger partial charge is 0.291 e. The van der Waals surface area contributed by atoms with Gasteiger partial charge < -0.3 is 23.5 Å². The second-order valence-corrected chi connectivity index (χ2v) is 7.28. The Morgan fingerprint density at radius 2 is 1.74 bits per heavy atom. The summed E-state index contributed by atoms with van der Waals surface area (Å²) in [6.07, 6.45) is 1.61. The molecule has 1 aliphatic heterocycles. The van der Waals surface area contributed by atoms with E-state index >= 15 is 0 Å². The van der Waals surface area contributed by atoms with E-state index in [1.165, 1.54) is 21.3 Å². The maximum Gasteiger partial charge on any atom is 0.291 e. The summed E-state index contributed by atoms with van der Waals surface area (Å²) in [6, 6.07) is 8.12. The number of carbonyl (C=O) groups is 1. The molecule has 2 aromatic carbocycles. The van der Waals surface area contributed by atoms with Crippen molar-refractivity contribution in [1.82, 2.24) is 4.90 Å². The van der Waals surface area contributed by atoms with Crippen LogP contribution in [0.4, 0.5) is 0 Å². The van der Waals surface area contributed by atoms with Gasteiger partial charge in [0, 0.05) is 6.54 Å². The number of hydrogen-bond acceptors (Lipinski definition) is 6. The number of benzene rings is 2. The summed E-state index contributed by atoms with van der Waals surface area (Å²) >= 11 is 0. The highest BCUT2D eigenvalue weighted by atomic mass is 16.5. The molecule has 0 spiro atoms. The molecule has 2 heterocycles. The van der Waals surface area contributed by atoms with Gasteiger partial charge in [-0.1, -0.05) is 17.7 Å². The molecule has 0 saturated heterocycles. The molecule has 1 aromatic heterocycles. The number of aryl methyl sites for hydroxylation is 1. The van der Waals surface area contributed by atoms with Crippen molar-refractivity contribution in [2.75, 3.05) is 27.9 Å². The number of amides is 1. The molecule has 7 heteroatoms. The third kappa shape index (κ3) is 3.13. The normalized spacial score (nSPS) is 15.2. The van der Waals surface area contributed by atoms with Crippen molar-refractivity contribution in [3.05, 3.63) is 75.7 Å². The number of fused-ring (bicyclic) bond motifs is 2. The van der Waals surface area contributed by atoms with E-state index < -0.39 is 6.04 Å². The van der Waals surface area contributed by atoms with Crippen molar-refractivity contribution in [2.24, 2.45) is 0 Å². The van der Waals surface area contributed by atoms with Gasteiger partial charge in [-0.3, -0.25) is 9.59 Å². The minimum atomic E-state index is -0.685. The molecule has 0 unspecified atom stereocenters. The first-order valence-corrected chi connectivity index (χ1v) is 9.74. The maximum atomic E-state index is 13.5. The zero-order chi connectivity index (χ0) is 22.3. The van der Waals surface area contributed by atoms with Crippen LogP contribution in [-0.2, 0) is 0 Å². The fraction of sp³-hybridized carbons (Fsp3) is 0.250. The Morgan fingerprint density at radius 3 is 2.32 bits per heavy atom. The SMILES string of the molecule is C=CCN1C(=O)c2oc3ccc(C)cc3c(=O)c2[C@@H]1c1cc(OC)c(OC)c(OC)c1. The number of rotatable bonds is 6. The molecule has 0 saturated carbocycles. The van der Waals surface area contributed by atoms with Crippen molar-refractivity contribution in [2.45, 2.75) is 13.0 Å². The van der Waals surface area contributed by atoms with E-state index in [1.807, 2.05) is 13.0 Å². The molecular formula is C24H23NO6. The Balaban J connectivity index is 2.03. The van der Waals surface area contributed by atoms with E-state index in [2.05, 4.69) is 6.58 Å². The van der Waals surface area contributed by atoms with E-state index in [0.29, 0.717) is 39.3 Å². The summed E-state index contributed by atoms with van der Waals surface area (Å²) in [5.74, 6) is 0.958. The summed E-state index contributed by atoms with van der Waals surface area (Å²) in [6.45, 7) is 5.90. The fourth-order valence-corrected chi connectivity index (χ4v) is 4.07. The Hall–Kier alpha value is -3.74. The second kappa shape index (κ2) is 7.83. The van der Waals surface area contributed by atoms with Crippen molar-refractivity contribution in [3.8, 4) is 17.2 Å². The van der Waals surface area contributed by atoms with Gasteiger partial charge in [0.05, 0.1) is 38.3 Å². The Morgan fingerprint density at radius 1 is 1.06 bits per heavy atom. The first kappa shape index (κ1) is 20.5. The van der Waals surface area contributed by atoms with Crippen molar-refractivity contribution in [3.63, 3.8) is 0 Å². The van der Waals surface area contributed by atoms with Crippen LogP contribution in [0.3, 0.4) is 0 Å². The van der Waals surface area contributed by atoms with Crippen LogP contribution in [0.1, 0.15) is 33.3 Å². The van der Waals surface area contributed by atoms with Gasteiger partial charge in [0.15, 0.2) is 16.9 Å². The molecule has 3 aromatic rings. The van der Waals surface area contributed by atoms with Crippen molar-refractivity contribution in [1.29, 1.82) is 0 Å². The zero-order valence-corrected chi connectivity index (χ0v) is 17.9. The molecule has 0 radical (unpaired) electrons. The quantitative estimate of drug-likeness (QED) is 0.563. The summed E-state index contributed by atoms with van der Waals surface area (Å²) < 4.78 is 22.3. The standard InChI is InChI=1S/C24H23NO6/c1-6-9-25-20(14-11-17(28-3)22(30-5)18(12-14)29-4)19-21(26)15-10-13(2)7-8-16(15)31-23(19)24(25)27/h6-8,10-12,20H,1,9H2,2-5H3/t20-/m0/s1. The fourth-order valence-electron chi connectivity index (χ4n) is 4.07. The molecule has 31 heavy (non-hydrogen) atoms. The molecule has 1 aliphatic rings. The van der Waals surface area contributed by atoms with Crippen LogP contribution >= 0.6 is 0 Å². The van der Waals surface area contributed by atoms with Gasteiger partial charge in [-0.15, -0.1) is 6.58 Å². The van der Waals surface area contributed by atoms with E-state index in [9.17, 15) is 9.59 Å². The van der Waals surface area contributed by atoms with E-state index in [4.69, 9.17) is 18.6 Å². The van der Waals surface area contributed by atoms with Gasteiger partial charge in [-0.05, 0) is 36.8 Å². The molecule has 160 valence electrons. The van der Waals surface area contributed by atoms with Crippen LogP contribution in [0.25, 0.3) is 11.0 Å². The average Bonchev–Trinajstić information content (AvgIpc) is 3.05. The summed E-state index contributed by atoms with van der Waals surface area (Å²) in [7, 11) is 4.55. The summed E-state index contributed by atoms with van der Waals surface area (Å²) in [5.41, 5.74) is 2.00. The van der Waals surface area contributed by atoms with Crippen LogP contribution < -0.4 is 19.6 Å². The number of methoxy groups -OCH3 is 3.